The number of hydrogen-bond donors (Lipinski definition) is 0. The van der Waals surface area contributed by atoms with Gasteiger partial charge in [-0.05, 0) is 38.1 Å². The summed E-state index contributed by atoms with van der Waals surface area (Å²) in [6.45, 7) is 3.63. The van der Waals surface area contributed by atoms with Gasteiger partial charge < -0.3 is 9.30 Å². The molecule has 29 heavy (non-hydrogen) atoms. The van der Waals surface area contributed by atoms with Crippen LogP contribution < -0.4 is 4.80 Å². The van der Waals surface area contributed by atoms with Crippen LogP contribution in [0.2, 0.25) is 0 Å². The zero-order valence-corrected chi connectivity index (χ0v) is 18.0. The number of benzene rings is 1. The van der Waals surface area contributed by atoms with Gasteiger partial charge in [-0.1, -0.05) is 11.3 Å². The molecule has 0 spiro atoms. The predicted molar refractivity (Wildman–Crippen MR) is 107 cm³/mol. The lowest BCUT2D eigenvalue weighted by Crippen LogP contribution is -2.23. The lowest BCUT2D eigenvalue weighted by Gasteiger charge is -2.08. The predicted octanol–water partition coefficient (Wildman–Crippen LogP) is 1.80. The SMILES string of the molecule is COC(=O)Cn1c(=NC(=O)c2ccnn2C(C)C)sc2cc(S(C)(=O)=O)ccc21. The third kappa shape index (κ3) is 4.30. The zero-order chi connectivity index (χ0) is 21.3. The van der Waals surface area contributed by atoms with Crippen molar-refractivity contribution in [3.8, 4) is 0 Å². The van der Waals surface area contributed by atoms with Crippen molar-refractivity contribution in [2.24, 2.45) is 4.99 Å². The maximum Gasteiger partial charge on any atom is 0.325 e. The summed E-state index contributed by atoms with van der Waals surface area (Å²) in [5, 5.41) is 4.14. The summed E-state index contributed by atoms with van der Waals surface area (Å²) < 4.78 is 32.1. The molecule has 0 saturated heterocycles. The van der Waals surface area contributed by atoms with Gasteiger partial charge in [0.1, 0.15) is 12.2 Å². The zero-order valence-electron chi connectivity index (χ0n) is 16.3. The summed E-state index contributed by atoms with van der Waals surface area (Å²) in [5.41, 5.74) is 0.899. The van der Waals surface area contributed by atoms with E-state index in [-0.39, 0.29) is 22.3 Å². The number of hydrogen-bond acceptors (Lipinski definition) is 7. The molecular formula is C18H20N4O5S2. The van der Waals surface area contributed by atoms with Gasteiger partial charge >= 0.3 is 5.97 Å². The lowest BCUT2D eigenvalue weighted by atomic mass is 10.3. The van der Waals surface area contributed by atoms with Crippen molar-refractivity contribution < 1.29 is 22.7 Å². The smallest absolute Gasteiger partial charge is 0.325 e. The fourth-order valence-corrected chi connectivity index (χ4v) is 4.54. The van der Waals surface area contributed by atoms with Crippen LogP contribution in [0.4, 0.5) is 0 Å². The number of methoxy groups -OCH3 is 1. The molecule has 9 nitrogen and oxygen atoms in total. The standard InChI is InChI=1S/C18H20N4O5S2/c1-11(2)22-14(7-8-19-22)17(24)20-18-21(10-16(23)27-3)13-6-5-12(29(4,25)26)9-15(13)28-18/h5-9,11H,10H2,1-4H3. The summed E-state index contributed by atoms with van der Waals surface area (Å²) in [7, 11) is -2.14. The lowest BCUT2D eigenvalue weighted by molar-refractivity contribution is -0.141. The molecule has 0 bridgehead atoms. The quantitative estimate of drug-likeness (QED) is 0.564. The van der Waals surface area contributed by atoms with Gasteiger partial charge in [-0.15, -0.1) is 0 Å². The Morgan fingerprint density at radius 1 is 1.28 bits per heavy atom. The number of rotatable bonds is 5. The molecule has 3 rings (SSSR count). The average Bonchev–Trinajstić information content (AvgIpc) is 3.26. The van der Waals surface area contributed by atoms with Crippen molar-refractivity contribution in [2.75, 3.05) is 13.4 Å². The molecule has 0 aliphatic carbocycles. The molecule has 0 radical (unpaired) electrons. The Hall–Kier alpha value is -2.79. The van der Waals surface area contributed by atoms with E-state index in [2.05, 4.69) is 10.1 Å². The molecule has 2 heterocycles. The van der Waals surface area contributed by atoms with E-state index in [4.69, 9.17) is 4.74 Å². The molecule has 0 aliphatic rings. The number of carbonyl (C=O) groups excluding carboxylic acids is 2. The second-order valence-electron chi connectivity index (χ2n) is 6.62. The van der Waals surface area contributed by atoms with Gasteiger partial charge in [0, 0.05) is 18.5 Å². The number of nitrogens with zero attached hydrogens (tertiary/aromatic N) is 4. The molecule has 1 amide bonds. The number of amides is 1. The fourth-order valence-electron chi connectivity index (χ4n) is 2.76. The number of esters is 1. The third-order valence-corrected chi connectivity index (χ3v) is 6.32. The maximum absolute atomic E-state index is 12.8. The first-order chi connectivity index (χ1) is 13.6. The van der Waals surface area contributed by atoms with Crippen LogP contribution in [-0.4, -0.2) is 48.0 Å². The van der Waals surface area contributed by atoms with E-state index in [0.717, 1.165) is 17.6 Å². The molecule has 0 N–H and O–H groups in total. The first kappa shape index (κ1) is 20.9. The molecule has 0 saturated carbocycles. The van der Waals surface area contributed by atoms with Crippen molar-refractivity contribution in [3.63, 3.8) is 0 Å². The fraction of sp³-hybridized carbons (Fsp3) is 0.333. The van der Waals surface area contributed by atoms with E-state index >= 15 is 0 Å². The van der Waals surface area contributed by atoms with Crippen LogP contribution in [0.15, 0.2) is 40.4 Å². The van der Waals surface area contributed by atoms with Gasteiger partial charge in [-0.3, -0.25) is 14.3 Å². The van der Waals surface area contributed by atoms with Crippen LogP contribution in [0.25, 0.3) is 10.2 Å². The minimum absolute atomic E-state index is 0.0268. The minimum Gasteiger partial charge on any atom is -0.468 e. The number of aromatic nitrogens is 3. The van der Waals surface area contributed by atoms with Gasteiger partial charge in [-0.25, -0.2) is 8.42 Å². The van der Waals surface area contributed by atoms with E-state index in [1.807, 2.05) is 13.8 Å². The highest BCUT2D eigenvalue weighted by atomic mass is 32.2. The largest absolute Gasteiger partial charge is 0.468 e. The second-order valence-corrected chi connectivity index (χ2v) is 9.65. The Morgan fingerprint density at radius 2 is 2.00 bits per heavy atom. The molecule has 3 aromatic rings. The van der Waals surface area contributed by atoms with Gasteiger partial charge in [0.15, 0.2) is 14.6 Å². The van der Waals surface area contributed by atoms with Gasteiger partial charge in [0.25, 0.3) is 5.91 Å². The monoisotopic (exact) mass is 436 g/mol. The van der Waals surface area contributed by atoms with E-state index < -0.39 is 21.7 Å². The first-order valence-electron chi connectivity index (χ1n) is 8.64. The molecule has 1 aromatic carbocycles. The number of ether oxygens (including phenoxy) is 1. The van der Waals surface area contributed by atoms with Crippen LogP contribution in [-0.2, 0) is 25.9 Å². The molecule has 0 atom stereocenters. The number of thiazole rings is 1. The van der Waals surface area contributed by atoms with E-state index in [1.165, 1.54) is 30.0 Å². The third-order valence-electron chi connectivity index (χ3n) is 4.17. The summed E-state index contributed by atoms with van der Waals surface area (Å²) in [6, 6.07) is 6.10. The normalized spacial score (nSPS) is 12.7. The molecule has 0 unspecified atom stereocenters. The Morgan fingerprint density at radius 3 is 2.62 bits per heavy atom. The average molecular weight is 437 g/mol. The van der Waals surface area contributed by atoms with Crippen molar-refractivity contribution >= 4 is 43.3 Å². The van der Waals surface area contributed by atoms with Crippen LogP contribution in [0.5, 0.6) is 0 Å². The Balaban J connectivity index is 2.20. The number of sulfone groups is 1. The van der Waals surface area contributed by atoms with Crippen molar-refractivity contribution in [3.05, 3.63) is 41.0 Å². The maximum atomic E-state index is 12.8. The molecule has 0 aliphatic heterocycles. The van der Waals surface area contributed by atoms with Crippen molar-refractivity contribution in [1.29, 1.82) is 0 Å². The van der Waals surface area contributed by atoms with Crippen LogP contribution in [0.1, 0.15) is 30.4 Å². The summed E-state index contributed by atoms with van der Waals surface area (Å²) in [4.78, 5) is 29.2. The minimum atomic E-state index is -3.40. The van der Waals surface area contributed by atoms with Gasteiger partial charge in [0.05, 0.1) is 22.2 Å². The topological polar surface area (TPSA) is 113 Å². The van der Waals surface area contributed by atoms with Gasteiger partial charge in [-0.2, -0.15) is 10.1 Å². The number of fused-ring (bicyclic) bond motifs is 1. The highest BCUT2D eigenvalue weighted by Gasteiger charge is 2.17. The molecule has 0 fully saturated rings. The molecule has 11 heteroatoms. The Kier molecular flexibility index (Phi) is 5.71. The number of carbonyl (C=O) groups is 2. The van der Waals surface area contributed by atoms with E-state index in [1.54, 1.807) is 16.8 Å². The molecule has 2 aromatic heterocycles. The molecular weight excluding hydrogens is 416 g/mol. The van der Waals surface area contributed by atoms with Crippen LogP contribution >= 0.6 is 11.3 Å². The summed E-state index contributed by atoms with van der Waals surface area (Å²) in [6.07, 6.45) is 2.64. The van der Waals surface area contributed by atoms with E-state index in [0.29, 0.717) is 15.9 Å². The highest BCUT2D eigenvalue weighted by Crippen LogP contribution is 2.22. The highest BCUT2D eigenvalue weighted by molar-refractivity contribution is 7.90. The van der Waals surface area contributed by atoms with Crippen LogP contribution in [0.3, 0.4) is 0 Å². The van der Waals surface area contributed by atoms with Crippen LogP contribution in [0, 0.1) is 0 Å². The van der Waals surface area contributed by atoms with Crippen molar-refractivity contribution in [1.82, 2.24) is 14.3 Å². The van der Waals surface area contributed by atoms with Crippen molar-refractivity contribution in [2.45, 2.75) is 31.3 Å². The van der Waals surface area contributed by atoms with Gasteiger partial charge in [0.2, 0.25) is 0 Å². The van der Waals surface area contributed by atoms with E-state index in [9.17, 15) is 18.0 Å². The first-order valence-corrected chi connectivity index (χ1v) is 11.4. The molecule has 154 valence electrons. The second kappa shape index (κ2) is 7.91. The summed E-state index contributed by atoms with van der Waals surface area (Å²) in [5.74, 6) is -1.03. The summed E-state index contributed by atoms with van der Waals surface area (Å²) >= 11 is 1.12. The Labute approximate surface area is 171 Å². The Bertz CT molecular complexity index is 1260.